The van der Waals surface area contributed by atoms with Gasteiger partial charge in [-0.2, -0.15) is 0 Å². The van der Waals surface area contributed by atoms with Crippen LogP contribution in [0.1, 0.15) is 25.3 Å². The van der Waals surface area contributed by atoms with E-state index in [1.54, 1.807) is 11.6 Å². The van der Waals surface area contributed by atoms with Gasteiger partial charge >= 0.3 is 5.97 Å². The fraction of sp³-hybridized carbons (Fsp3) is 0.545. The molecule has 1 aromatic heterocycles. The number of thioether (sulfide) groups is 1. The third kappa shape index (κ3) is 3.08. The minimum absolute atomic E-state index is 0.160. The lowest BCUT2D eigenvalue weighted by atomic mass is 10.0. The molecule has 4 nitrogen and oxygen atoms in total. The van der Waals surface area contributed by atoms with Gasteiger partial charge in [-0.25, -0.2) is 14.2 Å². The van der Waals surface area contributed by atoms with E-state index in [1.165, 1.54) is 36.9 Å². The van der Waals surface area contributed by atoms with Crippen molar-refractivity contribution in [3.8, 4) is 0 Å². The second-order valence-corrected chi connectivity index (χ2v) is 6.76. The summed E-state index contributed by atoms with van der Waals surface area (Å²) in [7, 11) is 0. The van der Waals surface area contributed by atoms with Gasteiger partial charge in [-0.3, -0.25) is 4.99 Å². The number of hydrogen-bond acceptors (Lipinski definition) is 5. The van der Waals surface area contributed by atoms with E-state index in [-0.39, 0.29) is 11.7 Å². The molecule has 0 aromatic carbocycles. The van der Waals surface area contributed by atoms with Gasteiger partial charge in [-0.15, -0.1) is 11.3 Å². The number of halogens is 1. The van der Waals surface area contributed by atoms with Crippen LogP contribution in [0.4, 0.5) is 4.39 Å². The molecule has 2 heterocycles. The van der Waals surface area contributed by atoms with Crippen molar-refractivity contribution >= 4 is 34.1 Å². The molecule has 2 unspecified atom stereocenters. The normalized spacial score (nSPS) is 24.1. The first-order valence-electron chi connectivity index (χ1n) is 5.43. The Morgan fingerprint density at radius 3 is 2.83 bits per heavy atom. The van der Waals surface area contributed by atoms with Crippen molar-refractivity contribution in [2.45, 2.75) is 37.2 Å². The molecule has 2 atom stereocenters. The van der Waals surface area contributed by atoms with Crippen LogP contribution in [0.15, 0.2) is 16.6 Å². The van der Waals surface area contributed by atoms with Gasteiger partial charge in [0.1, 0.15) is 15.7 Å². The molecule has 1 N–H and O–H groups in total. The van der Waals surface area contributed by atoms with Gasteiger partial charge in [0.25, 0.3) is 0 Å². The highest BCUT2D eigenvalue weighted by atomic mass is 32.2. The fourth-order valence-corrected chi connectivity index (χ4v) is 3.94. The van der Waals surface area contributed by atoms with Crippen molar-refractivity contribution in [2.75, 3.05) is 0 Å². The molecule has 0 amide bonds. The molecule has 0 aliphatic carbocycles. The maximum absolute atomic E-state index is 13.7. The number of hydrogen-bond donors (Lipinski definition) is 1. The summed E-state index contributed by atoms with van der Waals surface area (Å²) in [6.45, 7) is 2.90. The van der Waals surface area contributed by atoms with Gasteiger partial charge in [0.15, 0.2) is 6.04 Å². The summed E-state index contributed by atoms with van der Waals surface area (Å²) in [6.07, 6.45) is 1.80. The summed E-state index contributed by atoms with van der Waals surface area (Å²) in [6, 6.07) is -0.885. The second-order valence-electron chi connectivity index (χ2n) is 4.63. The summed E-state index contributed by atoms with van der Waals surface area (Å²) < 4.78 is 13.7. The van der Waals surface area contributed by atoms with Crippen LogP contribution >= 0.6 is 23.1 Å². The number of carboxylic acids is 1. The SMILES string of the molecule is CC(C)(F)CC1SC(c2nccs2)=NC1C(=O)O. The largest absolute Gasteiger partial charge is 0.480 e. The molecule has 0 saturated carbocycles. The summed E-state index contributed by atoms with van der Waals surface area (Å²) in [4.78, 5) is 19.4. The van der Waals surface area contributed by atoms with Gasteiger partial charge in [0.2, 0.25) is 0 Å². The average molecular weight is 288 g/mol. The molecule has 0 bridgehead atoms. The Bertz CT molecular complexity index is 468. The number of carbonyl (C=O) groups is 1. The Labute approximate surface area is 112 Å². The molecule has 7 heteroatoms. The third-order valence-corrected chi connectivity index (χ3v) is 4.58. The zero-order valence-corrected chi connectivity index (χ0v) is 11.6. The van der Waals surface area contributed by atoms with Crippen molar-refractivity contribution < 1.29 is 14.3 Å². The third-order valence-electron chi connectivity index (χ3n) is 2.43. The van der Waals surface area contributed by atoms with Crippen LogP contribution in [-0.2, 0) is 4.79 Å². The van der Waals surface area contributed by atoms with Crippen LogP contribution in [0, 0.1) is 0 Å². The molecule has 1 aromatic rings. The van der Waals surface area contributed by atoms with Crippen molar-refractivity contribution in [1.29, 1.82) is 0 Å². The molecule has 0 radical (unpaired) electrons. The van der Waals surface area contributed by atoms with Crippen molar-refractivity contribution in [1.82, 2.24) is 4.98 Å². The number of aromatic nitrogens is 1. The number of thiazole rings is 1. The minimum Gasteiger partial charge on any atom is -0.480 e. The van der Waals surface area contributed by atoms with Crippen LogP contribution in [0.3, 0.4) is 0 Å². The summed E-state index contributed by atoms with van der Waals surface area (Å²) in [5.41, 5.74) is -1.40. The number of alkyl halides is 1. The smallest absolute Gasteiger partial charge is 0.329 e. The van der Waals surface area contributed by atoms with E-state index in [0.717, 1.165) is 0 Å². The number of nitrogens with zero attached hydrogens (tertiary/aromatic N) is 2. The number of rotatable bonds is 4. The number of carboxylic acid groups (broad SMARTS) is 1. The molecular weight excluding hydrogens is 275 g/mol. The Morgan fingerprint density at radius 1 is 1.61 bits per heavy atom. The predicted molar refractivity (Wildman–Crippen MR) is 71.3 cm³/mol. The van der Waals surface area contributed by atoms with Crippen LogP contribution < -0.4 is 0 Å². The maximum Gasteiger partial charge on any atom is 0.329 e. The lowest BCUT2D eigenvalue weighted by Crippen LogP contribution is -2.32. The molecular formula is C11H13FN2O2S2. The predicted octanol–water partition coefficient (Wildman–Crippen LogP) is 2.60. The highest BCUT2D eigenvalue weighted by molar-refractivity contribution is 8.15. The van der Waals surface area contributed by atoms with E-state index in [9.17, 15) is 9.18 Å². The first-order valence-corrected chi connectivity index (χ1v) is 7.19. The molecule has 98 valence electrons. The van der Waals surface area contributed by atoms with E-state index in [2.05, 4.69) is 9.98 Å². The molecule has 1 aliphatic heterocycles. The van der Waals surface area contributed by atoms with Crippen LogP contribution in [0.2, 0.25) is 0 Å². The molecule has 1 aliphatic rings. The molecule has 0 spiro atoms. The van der Waals surface area contributed by atoms with Crippen molar-refractivity contribution in [2.24, 2.45) is 4.99 Å². The summed E-state index contributed by atoms with van der Waals surface area (Å²) >= 11 is 2.71. The van der Waals surface area contributed by atoms with E-state index in [0.29, 0.717) is 10.1 Å². The van der Waals surface area contributed by atoms with Gasteiger partial charge < -0.3 is 5.11 Å². The van der Waals surface area contributed by atoms with Crippen LogP contribution in [0.5, 0.6) is 0 Å². The minimum atomic E-state index is -1.40. The van der Waals surface area contributed by atoms with Gasteiger partial charge in [0, 0.05) is 16.8 Å². The van der Waals surface area contributed by atoms with E-state index < -0.39 is 17.7 Å². The topological polar surface area (TPSA) is 62.5 Å². The molecule has 2 rings (SSSR count). The maximum atomic E-state index is 13.7. The fourth-order valence-electron chi connectivity index (χ4n) is 1.73. The summed E-state index contributed by atoms with van der Waals surface area (Å²) in [5.74, 6) is -1.01. The van der Waals surface area contributed by atoms with Gasteiger partial charge in [0.05, 0.1) is 0 Å². The summed E-state index contributed by atoms with van der Waals surface area (Å²) in [5, 5.41) is 11.9. The van der Waals surface area contributed by atoms with Crippen LogP contribution in [0.25, 0.3) is 0 Å². The van der Waals surface area contributed by atoms with E-state index in [4.69, 9.17) is 5.11 Å². The van der Waals surface area contributed by atoms with Crippen LogP contribution in [-0.4, -0.2) is 38.1 Å². The quantitative estimate of drug-likeness (QED) is 0.925. The Morgan fingerprint density at radius 2 is 2.33 bits per heavy atom. The molecule has 0 saturated heterocycles. The number of aliphatic carboxylic acids is 1. The van der Waals surface area contributed by atoms with E-state index in [1.807, 2.05) is 0 Å². The zero-order valence-electron chi connectivity index (χ0n) is 9.96. The van der Waals surface area contributed by atoms with Gasteiger partial charge in [-0.05, 0) is 20.3 Å². The highest BCUT2D eigenvalue weighted by Crippen LogP contribution is 2.36. The zero-order chi connectivity index (χ0) is 13.3. The first-order chi connectivity index (χ1) is 8.37. The average Bonchev–Trinajstić information content (AvgIpc) is 2.81. The highest BCUT2D eigenvalue weighted by Gasteiger charge is 2.39. The number of aliphatic imine (C=N–C) groups is 1. The Balaban J connectivity index is 2.18. The second kappa shape index (κ2) is 4.97. The Hall–Kier alpha value is -0.950. The molecule has 0 fully saturated rings. The lowest BCUT2D eigenvalue weighted by molar-refractivity contribution is -0.138. The monoisotopic (exact) mass is 288 g/mol. The first kappa shape index (κ1) is 13.5. The van der Waals surface area contributed by atoms with Crippen molar-refractivity contribution in [3.05, 3.63) is 16.6 Å². The van der Waals surface area contributed by atoms with Crippen molar-refractivity contribution in [3.63, 3.8) is 0 Å². The lowest BCUT2D eigenvalue weighted by Gasteiger charge is -2.20. The molecule has 18 heavy (non-hydrogen) atoms. The van der Waals surface area contributed by atoms with Gasteiger partial charge in [-0.1, -0.05) is 11.8 Å². The Kier molecular flexibility index (Phi) is 3.72. The van der Waals surface area contributed by atoms with E-state index >= 15 is 0 Å². The standard InChI is InChI=1S/C11H13FN2O2S2/c1-11(2,12)5-6-7(10(15)16)14-9(18-6)8-13-3-4-17-8/h3-4,6-7H,5H2,1-2H3,(H,15,16).